The molecule has 6 heteroatoms. The van der Waals surface area contributed by atoms with E-state index in [0.29, 0.717) is 21.3 Å². The average molecular weight is 339 g/mol. The molecule has 0 saturated heterocycles. The number of anilines is 1. The van der Waals surface area contributed by atoms with E-state index in [9.17, 15) is 10.0 Å². The van der Waals surface area contributed by atoms with Gasteiger partial charge in [0.15, 0.2) is 17.5 Å². The quantitative estimate of drug-likeness (QED) is 0.580. The zero-order chi connectivity index (χ0) is 17.1. The Kier molecular flexibility index (Phi) is 4.57. The largest absolute Gasteiger partial charge is 0.619 e. The van der Waals surface area contributed by atoms with Gasteiger partial charge in [-0.1, -0.05) is 38.1 Å². The zero-order valence-corrected chi connectivity index (χ0v) is 14.2. The Labute approximate surface area is 144 Å². The summed E-state index contributed by atoms with van der Waals surface area (Å²) in [6.45, 7) is 4.31. The SMILES string of the molecule is CC(C)c1ccc(-c2csc(NC(=O)c3cc[n+]([O-])cc3)n2)cc1. The van der Waals surface area contributed by atoms with E-state index < -0.39 is 0 Å². The van der Waals surface area contributed by atoms with Crippen molar-refractivity contribution in [3.63, 3.8) is 0 Å². The first kappa shape index (κ1) is 16.1. The number of hydrogen-bond acceptors (Lipinski definition) is 4. The van der Waals surface area contributed by atoms with Crippen molar-refractivity contribution < 1.29 is 9.52 Å². The molecule has 0 bridgehead atoms. The Balaban J connectivity index is 1.73. The molecule has 5 nitrogen and oxygen atoms in total. The Morgan fingerprint density at radius 3 is 2.46 bits per heavy atom. The monoisotopic (exact) mass is 339 g/mol. The summed E-state index contributed by atoms with van der Waals surface area (Å²) in [6, 6.07) is 11.2. The molecule has 3 aromatic rings. The van der Waals surface area contributed by atoms with Gasteiger partial charge in [0.1, 0.15) is 0 Å². The number of pyridine rings is 1. The lowest BCUT2D eigenvalue weighted by Gasteiger charge is -2.05. The number of rotatable bonds is 4. The number of carbonyl (C=O) groups is 1. The second kappa shape index (κ2) is 6.80. The third kappa shape index (κ3) is 3.60. The van der Waals surface area contributed by atoms with E-state index in [2.05, 4.69) is 36.3 Å². The van der Waals surface area contributed by atoms with Crippen molar-refractivity contribution in [2.75, 3.05) is 5.32 Å². The molecule has 0 radical (unpaired) electrons. The van der Waals surface area contributed by atoms with Crippen LogP contribution in [0.15, 0.2) is 54.2 Å². The molecule has 122 valence electrons. The van der Waals surface area contributed by atoms with Crippen LogP contribution in [-0.4, -0.2) is 10.9 Å². The van der Waals surface area contributed by atoms with Gasteiger partial charge in [0.2, 0.25) is 0 Å². The number of carbonyl (C=O) groups excluding carboxylic acids is 1. The van der Waals surface area contributed by atoms with E-state index in [4.69, 9.17) is 0 Å². The minimum atomic E-state index is -0.286. The highest BCUT2D eigenvalue weighted by Crippen LogP contribution is 2.26. The highest BCUT2D eigenvalue weighted by atomic mass is 32.1. The zero-order valence-electron chi connectivity index (χ0n) is 13.4. The Bertz CT molecular complexity index is 839. The smallest absolute Gasteiger partial charge is 0.257 e. The van der Waals surface area contributed by atoms with Crippen LogP contribution in [0.5, 0.6) is 0 Å². The molecule has 24 heavy (non-hydrogen) atoms. The van der Waals surface area contributed by atoms with E-state index >= 15 is 0 Å². The number of aromatic nitrogens is 2. The molecular formula is C18H17N3O2S. The van der Waals surface area contributed by atoms with E-state index in [-0.39, 0.29) is 5.91 Å². The first-order valence-corrected chi connectivity index (χ1v) is 8.47. The van der Waals surface area contributed by atoms with Gasteiger partial charge < -0.3 is 5.21 Å². The summed E-state index contributed by atoms with van der Waals surface area (Å²) in [4.78, 5) is 16.6. The highest BCUT2D eigenvalue weighted by molar-refractivity contribution is 7.14. The number of nitrogens with zero attached hydrogens (tertiary/aromatic N) is 2. The summed E-state index contributed by atoms with van der Waals surface area (Å²) in [5.41, 5.74) is 3.54. The minimum absolute atomic E-state index is 0.286. The standard InChI is InChI=1S/C18H17N3O2S/c1-12(2)13-3-5-14(6-4-13)16-11-24-18(19-16)20-17(22)15-7-9-21(23)10-8-15/h3-12H,1-2H3,(H,19,20,22). The minimum Gasteiger partial charge on any atom is -0.619 e. The van der Waals surface area contributed by atoms with Gasteiger partial charge in [0.25, 0.3) is 5.91 Å². The summed E-state index contributed by atoms with van der Waals surface area (Å²) in [5.74, 6) is 0.203. The molecule has 0 aliphatic rings. The number of hydrogen-bond donors (Lipinski definition) is 1. The summed E-state index contributed by atoms with van der Waals surface area (Å²) < 4.78 is 0.638. The predicted molar refractivity (Wildman–Crippen MR) is 95.0 cm³/mol. The highest BCUT2D eigenvalue weighted by Gasteiger charge is 2.11. The summed E-state index contributed by atoms with van der Waals surface area (Å²) >= 11 is 1.37. The van der Waals surface area contributed by atoms with Crippen molar-refractivity contribution in [1.82, 2.24) is 4.98 Å². The Hall–Kier alpha value is -2.73. The molecule has 0 atom stereocenters. The van der Waals surface area contributed by atoms with Crippen LogP contribution in [0.3, 0.4) is 0 Å². The molecule has 1 amide bonds. The van der Waals surface area contributed by atoms with Crippen LogP contribution in [-0.2, 0) is 0 Å². The van der Waals surface area contributed by atoms with E-state index in [1.54, 1.807) is 0 Å². The molecule has 0 unspecified atom stereocenters. The molecule has 2 aromatic heterocycles. The maximum absolute atomic E-state index is 12.1. The molecule has 0 fully saturated rings. The molecule has 0 aliphatic carbocycles. The van der Waals surface area contributed by atoms with Crippen molar-refractivity contribution in [2.24, 2.45) is 0 Å². The Morgan fingerprint density at radius 2 is 1.83 bits per heavy atom. The van der Waals surface area contributed by atoms with Crippen molar-refractivity contribution in [3.8, 4) is 11.3 Å². The van der Waals surface area contributed by atoms with Crippen LogP contribution in [0.4, 0.5) is 5.13 Å². The van der Waals surface area contributed by atoms with Gasteiger partial charge in [-0.25, -0.2) is 4.98 Å². The summed E-state index contributed by atoms with van der Waals surface area (Å²) in [7, 11) is 0. The van der Waals surface area contributed by atoms with E-state index in [0.717, 1.165) is 11.3 Å². The third-order valence-electron chi connectivity index (χ3n) is 3.66. The first-order valence-electron chi connectivity index (χ1n) is 7.59. The van der Waals surface area contributed by atoms with Crippen molar-refractivity contribution >= 4 is 22.4 Å². The molecule has 1 aromatic carbocycles. The lowest BCUT2D eigenvalue weighted by atomic mass is 10.0. The van der Waals surface area contributed by atoms with Crippen LogP contribution < -0.4 is 10.0 Å². The second-order valence-corrected chi connectivity index (χ2v) is 6.57. The first-order chi connectivity index (χ1) is 11.5. The summed E-state index contributed by atoms with van der Waals surface area (Å²) in [6.07, 6.45) is 2.58. The van der Waals surface area contributed by atoms with Crippen LogP contribution in [0.25, 0.3) is 11.3 Å². The second-order valence-electron chi connectivity index (χ2n) is 5.72. The lowest BCUT2D eigenvalue weighted by molar-refractivity contribution is -0.605. The van der Waals surface area contributed by atoms with Crippen LogP contribution in [0.2, 0.25) is 0 Å². The molecule has 0 spiro atoms. The fraction of sp³-hybridized carbons (Fsp3) is 0.167. The molecule has 3 rings (SSSR count). The number of thiazole rings is 1. The molecule has 2 heterocycles. The van der Waals surface area contributed by atoms with Gasteiger partial charge in [0.05, 0.1) is 11.3 Å². The van der Waals surface area contributed by atoms with Gasteiger partial charge in [0, 0.05) is 23.1 Å². The van der Waals surface area contributed by atoms with Crippen molar-refractivity contribution in [1.29, 1.82) is 0 Å². The average Bonchev–Trinajstić information content (AvgIpc) is 3.04. The van der Waals surface area contributed by atoms with Crippen LogP contribution in [0, 0.1) is 5.21 Å². The van der Waals surface area contributed by atoms with Gasteiger partial charge >= 0.3 is 0 Å². The van der Waals surface area contributed by atoms with Crippen LogP contribution >= 0.6 is 11.3 Å². The third-order valence-corrected chi connectivity index (χ3v) is 4.42. The van der Waals surface area contributed by atoms with E-state index in [1.807, 2.05) is 17.5 Å². The molecule has 1 N–H and O–H groups in total. The van der Waals surface area contributed by atoms with Gasteiger partial charge in [-0.3, -0.25) is 10.1 Å². The van der Waals surface area contributed by atoms with Crippen molar-refractivity contribution in [3.05, 3.63) is 70.5 Å². The lowest BCUT2D eigenvalue weighted by Crippen LogP contribution is -2.25. The van der Waals surface area contributed by atoms with Gasteiger partial charge in [-0.05, 0) is 11.5 Å². The van der Waals surface area contributed by atoms with Gasteiger partial charge in [-0.2, -0.15) is 4.73 Å². The van der Waals surface area contributed by atoms with Crippen LogP contribution in [0.1, 0.15) is 35.7 Å². The number of amides is 1. The van der Waals surface area contributed by atoms with Crippen molar-refractivity contribution in [2.45, 2.75) is 19.8 Å². The van der Waals surface area contributed by atoms with E-state index in [1.165, 1.54) is 41.4 Å². The normalized spacial score (nSPS) is 10.8. The predicted octanol–water partition coefficient (Wildman–Crippen LogP) is 3.82. The fourth-order valence-electron chi connectivity index (χ4n) is 2.24. The molecule has 0 aliphatic heterocycles. The maximum Gasteiger partial charge on any atom is 0.257 e. The number of nitrogens with one attached hydrogen (secondary N) is 1. The van der Waals surface area contributed by atoms with Gasteiger partial charge in [-0.15, -0.1) is 11.3 Å². The number of benzene rings is 1. The molecular weight excluding hydrogens is 322 g/mol. The maximum atomic E-state index is 12.1. The topological polar surface area (TPSA) is 68.9 Å². The molecule has 0 saturated carbocycles. The Morgan fingerprint density at radius 1 is 1.17 bits per heavy atom. The summed E-state index contributed by atoms with van der Waals surface area (Å²) in [5, 5.41) is 16.2. The fourth-order valence-corrected chi connectivity index (χ4v) is 2.95.